The smallest absolute Gasteiger partial charge is 0.409 e. The van der Waals surface area contributed by atoms with Gasteiger partial charge in [-0.05, 0) is 56.7 Å². The lowest BCUT2D eigenvalue weighted by atomic mass is 9.81. The van der Waals surface area contributed by atoms with E-state index in [2.05, 4.69) is 0 Å². The summed E-state index contributed by atoms with van der Waals surface area (Å²) in [5, 5.41) is 0.456. The molecule has 2 heterocycles. The normalized spacial score (nSPS) is 20.7. The van der Waals surface area contributed by atoms with Crippen molar-refractivity contribution < 1.29 is 19.1 Å². The van der Waals surface area contributed by atoms with E-state index >= 15 is 0 Å². The minimum Gasteiger partial charge on any atom is -0.497 e. The third-order valence-corrected chi connectivity index (χ3v) is 7.31. The van der Waals surface area contributed by atoms with Crippen LogP contribution in [0.4, 0.5) is 4.79 Å². The standard InChI is InChI=1S/C25H34N4O6/c1-4-35-25(33)28-13-11-27(12-14-28)22(30)18-7-5-17(6-8-18)16-29-23(31)20-15-19(34-3)9-10-21(20)26(2)24(29)32/h9-10,15,17-18H,4-8,11-14,16H2,1-3H3/t17-,18-. The van der Waals surface area contributed by atoms with E-state index in [4.69, 9.17) is 9.47 Å². The number of fused-ring (bicyclic) bond motifs is 1. The number of hydrogen-bond acceptors (Lipinski definition) is 6. The van der Waals surface area contributed by atoms with Crippen molar-refractivity contribution in [3.8, 4) is 5.75 Å². The van der Waals surface area contributed by atoms with E-state index in [-0.39, 0.29) is 35.1 Å². The number of hydrogen-bond donors (Lipinski definition) is 0. The summed E-state index contributed by atoms with van der Waals surface area (Å²) < 4.78 is 13.1. The molecule has 0 spiro atoms. The molecule has 1 aliphatic heterocycles. The molecular weight excluding hydrogens is 452 g/mol. The van der Waals surface area contributed by atoms with Crippen molar-refractivity contribution >= 4 is 22.9 Å². The van der Waals surface area contributed by atoms with Crippen LogP contribution >= 0.6 is 0 Å². The maximum atomic E-state index is 13.1. The van der Waals surface area contributed by atoms with Gasteiger partial charge in [0.25, 0.3) is 5.56 Å². The fourth-order valence-electron chi connectivity index (χ4n) is 5.22. The van der Waals surface area contributed by atoms with Gasteiger partial charge in [0.05, 0.1) is 24.6 Å². The molecule has 2 fully saturated rings. The van der Waals surface area contributed by atoms with Crippen molar-refractivity contribution in [3.63, 3.8) is 0 Å². The highest BCUT2D eigenvalue weighted by Crippen LogP contribution is 2.31. The van der Waals surface area contributed by atoms with Crippen molar-refractivity contribution in [2.45, 2.75) is 39.2 Å². The third-order valence-electron chi connectivity index (χ3n) is 7.31. The maximum Gasteiger partial charge on any atom is 0.409 e. The lowest BCUT2D eigenvalue weighted by Crippen LogP contribution is -2.52. The molecule has 1 aromatic carbocycles. The molecule has 2 aliphatic rings. The van der Waals surface area contributed by atoms with Crippen molar-refractivity contribution in [3.05, 3.63) is 39.0 Å². The molecule has 0 atom stereocenters. The monoisotopic (exact) mass is 486 g/mol. The quantitative estimate of drug-likeness (QED) is 0.639. The predicted molar refractivity (Wildman–Crippen MR) is 131 cm³/mol. The summed E-state index contributed by atoms with van der Waals surface area (Å²) in [6, 6.07) is 5.14. The van der Waals surface area contributed by atoms with E-state index in [1.54, 1.807) is 44.2 Å². The minimum absolute atomic E-state index is 0.0548. The molecule has 1 saturated heterocycles. The van der Waals surface area contributed by atoms with Crippen LogP contribution < -0.4 is 16.0 Å². The Morgan fingerprint density at radius 2 is 1.66 bits per heavy atom. The molecule has 190 valence electrons. The number of aryl methyl sites for hydroxylation is 1. The van der Waals surface area contributed by atoms with E-state index in [0.717, 1.165) is 25.7 Å². The van der Waals surface area contributed by atoms with Crippen LogP contribution in [0.1, 0.15) is 32.6 Å². The van der Waals surface area contributed by atoms with Gasteiger partial charge in [-0.15, -0.1) is 0 Å². The Bertz CT molecular complexity index is 1200. The van der Waals surface area contributed by atoms with Crippen molar-refractivity contribution in [1.82, 2.24) is 18.9 Å². The Balaban J connectivity index is 1.37. The van der Waals surface area contributed by atoms with Gasteiger partial charge in [0.1, 0.15) is 5.75 Å². The number of carbonyl (C=O) groups is 2. The zero-order valence-corrected chi connectivity index (χ0v) is 20.7. The van der Waals surface area contributed by atoms with Gasteiger partial charge in [0, 0.05) is 45.7 Å². The Kier molecular flexibility index (Phi) is 7.47. The van der Waals surface area contributed by atoms with Crippen LogP contribution in [0.25, 0.3) is 10.9 Å². The van der Waals surface area contributed by atoms with Crippen LogP contribution in [-0.2, 0) is 23.1 Å². The molecule has 35 heavy (non-hydrogen) atoms. The molecule has 1 aliphatic carbocycles. The number of nitrogens with zero attached hydrogens (tertiary/aromatic N) is 4. The highest BCUT2D eigenvalue weighted by molar-refractivity contribution is 5.80. The summed E-state index contributed by atoms with van der Waals surface area (Å²) in [5.41, 5.74) is -0.0561. The summed E-state index contributed by atoms with van der Waals surface area (Å²) in [6.45, 7) is 4.47. The molecule has 10 nitrogen and oxygen atoms in total. The van der Waals surface area contributed by atoms with Crippen molar-refractivity contribution in [1.29, 1.82) is 0 Å². The van der Waals surface area contributed by atoms with Gasteiger partial charge in [0.15, 0.2) is 0 Å². The second kappa shape index (κ2) is 10.5. The van der Waals surface area contributed by atoms with Gasteiger partial charge in [0.2, 0.25) is 5.91 Å². The number of amides is 2. The molecule has 0 bridgehead atoms. The second-order valence-corrected chi connectivity index (χ2v) is 9.37. The molecular formula is C25H34N4O6. The summed E-state index contributed by atoms with van der Waals surface area (Å²) >= 11 is 0. The molecule has 0 N–H and O–H groups in total. The first-order valence-corrected chi connectivity index (χ1v) is 12.3. The highest BCUT2D eigenvalue weighted by Gasteiger charge is 2.32. The van der Waals surface area contributed by atoms with Gasteiger partial charge >= 0.3 is 11.8 Å². The zero-order valence-electron chi connectivity index (χ0n) is 20.7. The van der Waals surface area contributed by atoms with E-state index in [0.29, 0.717) is 56.0 Å². The number of rotatable bonds is 5. The van der Waals surface area contributed by atoms with E-state index in [1.165, 1.54) is 9.13 Å². The molecule has 1 saturated carbocycles. The number of methoxy groups -OCH3 is 1. The van der Waals surface area contributed by atoms with E-state index in [1.807, 2.05) is 4.90 Å². The van der Waals surface area contributed by atoms with Crippen LogP contribution in [0.2, 0.25) is 0 Å². The third kappa shape index (κ3) is 5.06. The fourth-order valence-corrected chi connectivity index (χ4v) is 5.22. The zero-order chi connectivity index (χ0) is 25.1. The SMILES string of the molecule is CCOC(=O)N1CCN(C(=O)[C@H]2CC[C@H](Cn3c(=O)c4cc(OC)ccc4n(C)c3=O)CC2)CC1. The number of carbonyl (C=O) groups excluding carboxylic acids is 2. The average Bonchev–Trinajstić information content (AvgIpc) is 2.89. The number of ether oxygens (including phenoxy) is 2. The fraction of sp³-hybridized carbons (Fsp3) is 0.600. The van der Waals surface area contributed by atoms with Gasteiger partial charge in [-0.1, -0.05) is 0 Å². The first-order valence-electron chi connectivity index (χ1n) is 12.3. The van der Waals surface area contributed by atoms with Gasteiger partial charge in [-0.3, -0.25) is 18.7 Å². The summed E-state index contributed by atoms with van der Waals surface area (Å²) in [5.74, 6) is 0.814. The van der Waals surface area contributed by atoms with Crippen LogP contribution in [0.5, 0.6) is 5.75 Å². The number of aromatic nitrogens is 2. The summed E-state index contributed by atoms with van der Waals surface area (Å²) in [7, 11) is 3.21. The molecule has 2 aromatic rings. The molecule has 0 unspecified atom stereocenters. The van der Waals surface area contributed by atoms with Crippen molar-refractivity contribution in [2.75, 3.05) is 39.9 Å². The maximum absolute atomic E-state index is 13.1. The first kappa shape index (κ1) is 24.8. The minimum atomic E-state index is -0.328. The first-order chi connectivity index (χ1) is 16.8. The Morgan fingerprint density at radius 1 is 1.00 bits per heavy atom. The van der Waals surface area contributed by atoms with Crippen molar-refractivity contribution in [2.24, 2.45) is 18.9 Å². The lowest BCUT2D eigenvalue weighted by Gasteiger charge is -2.37. The van der Waals surface area contributed by atoms with Crippen LogP contribution in [0, 0.1) is 11.8 Å². The van der Waals surface area contributed by atoms with E-state index in [9.17, 15) is 19.2 Å². The second-order valence-electron chi connectivity index (χ2n) is 9.37. The largest absolute Gasteiger partial charge is 0.497 e. The lowest BCUT2D eigenvalue weighted by molar-refractivity contribution is -0.138. The molecule has 10 heteroatoms. The van der Waals surface area contributed by atoms with Gasteiger partial charge in [-0.2, -0.15) is 0 Å². The molecule has 2 amide bonds. The summed E-state index contributed by atoms with van der Waals surface area (Å²) in [4.78, 5) is 54.5. The highest BCUT2D eigenvalue weighted by atomic mass is 16.6. The number of benzene rings is 1. The molecule has 1 aromatic heterocycles. The van der Waals surface area contributed by atoms with E-state index < -0.39 is 0 Å². The van der Waals surface area contributed by atoms with Crippen LogP contribution in [0.3, 0.4) is 0 Å². The average molecular weight is 487 g/mol. The molecule has 0 radical (unpaired) electrons. The number of piperazine rings is 1. The predicted octanol–water partition coefficient (Wildman–Crippen LogP) is 1.82. The Hall–Kier alpha value is -3.30. The summed E-state index contributed by atoms with van der Waals surface area (Å²) in [6.07, 6.45) is 2.71. The molecule has 4 rings (SSSR count). The Labute approximate surface area is 204 Å². The van der Waals surface area contributed by atoms with Crippen LogP contribution in [0.15, 0.2) is 27.8 Å². The Morgan fingerprint density at radius 3 is 2.29 bits per heavy atom. The van der Waals surface area contributed by atoms with Gasteiger partial charge in [-0.25, -0.2) is 9.59 Å². The van der Waals surface area contributed by atoms with Crippen LogP contribution in [-0.4, -0.2) is 70.8 Å². The topological polar surface area (TPSA) is 103 Å². The van der Waals surface area contributed by atoms with Gasteiger partial charge < -0.3 is 19.3 Å².